The quantitative estimate of drug-likeness (QED) is 0.943. The fraction of sp³-hybridized carbons (Fsp3) is 0.222. The molecule has 0 aliphatic carbocycles. The van der Waals surface area contributed by atoms with Gasteiger partial charge in [-0.3, -0.25) is 4.79 Å². The molecule has 1 amide bonds. The standard InChI is InChI=1S/C18H17N3O2/c1-20-18(22)17-12-21(15-8-4-5-9-16(15)23-17)11-14-7-3-2-6-13(14)10-19/h2-9,17H,11-12H2,1H3,(H,20,22). The number of anilines is 1. The Hall–Kier alpha value is -3.00. The Kier molecular flexibility index (Phi) is 4.15. The van der Waals surface area contributed by atoms with E-state index in [9.17, 15) is 10.1 Å². The molecule has 0 spiro atoms. The number of benzene rings is 2. The van der Waals surface area contributed by atoms with E-state index in [1.807, 2.05) is 42.5 Å². The highest BCUT2D eigenvalue weighted by molar-refractivity contribution is 5.83. The number of carbonyl (C=O) groups excluding carboxylic acids is 1. The Morgan fingerprint density at radius 2 is 2.04 bits per heavy atom. The van der Waals surface area contributed by atoms with Crippen molar-refractivity contribution in [3.05, 3.63) is 59.7 Å². The summed E-state index contributed by atoms with van der Waals surface area (Å²) < 4.78 is 5.79. The Bertz CT molecular complexity index is 767. The van der Waals surface area contributed by atoms with E-state index in [2.05, 4.69) is 16.3 Å². The van der Waals surface area contributed by atoms with Crippen molar-refractivity contribution in [2.24, 2.45) is 0 Å². The molecule has 1 aliphatic heterocycles. The molecule has 0 saturated heterocycles. The Morgan fingerprint density at radius 1 is 1.30 bits per heavy atom. The van der Waals surface area contributed by atoms with Gasteiger partial charge in [-0.25, -0.2) is 0 Å². The first-order chi connectivity index (χ1) is 11.2. The first kappa shape index (κ1) is 14.9. The van der Waals surface area contributed by atoms with E-state index in [1.54, 1.807) is 13.1 Å². The van der Waals surface area contributed by atoms with E-state index in [0.29, 0.717) is 24.4 Å². The molecule has 3 rings (SSSR count). The predicted molar refractivity (Wildman–Crippen MR) is 87.1 cm³/mol. The number of likely N-dealkylation sites (N-methyl/N-ethyl adjacent to an activating group) is 1. The molecule has 2 aromatic rings. The molecule has 1 N–H and O–H groups in total. The zero-order valence-electron chi connectivity index (χ0n) is 12.8. The van der Waals surface area contributed by atoms with Crippen LogP contribution in [0.4, 0.5) is 5.69 Å². The molecule has 1 aliphatic rings. The van der Waals surface area contributed by atoms with E-state index in [1.165, 1.54) is 0 Å². The second kappa shape index (κ2) is 6.41. The number of amides is 1. The van der Waals surface area contributed by atoms with Gasteiger partial charge in [-0.05, 0) is 23.8 Å². The zero-order chi connectivity index (χ0) is 16.2. The first-order valence-corrected chi connectivity index (χ1v) is 7.43. The third-order valence-corrected chi connectivity index (χ3v) is 3.90. The van der Waals surface area contributed by atoms with E-state index in [4.69, 9.17) is 4.74 Å². The van der Waals surface area contributed by atoms with Gasteiger partial charge < -0.3 is 15.0 Å². The summed E-state index contributed by atoms with van der Waals surface area (Å²) in [6.45, 7) is 0.994. The lowest BCUT2D eigenvalue weighted by atomic mass is 10.1. The van der Waals surface area contributed by atoms with Crippen molar-refractivity contribution in [2.75, 3.05) is 18.5 Å². The summed E-state index contributed by atoms with van der Waals surface area (Å²) in [5.41, 5.74) is 2.51. The van der Waals surface area contributed by atoms with E-state index < -0.39 is 6.10 Å². The maximum atomic E-state index is 12.0. The molecule has 1 atom stereocenters. The second-order valence-electron chi connectivity index (χ2n) is 5.34. The maximum absolute atomic E-state index is 12.0. The molecule has 1 heterocycles. The molecule has 23 heavy (non-hydrogen) atoms. The number of nitrogens with zero attached hydrogens (tertiary/aromatic N) is 2. The van der Waals surface area contributed by atoms with Gasteiger partial charge in [0.05, 0.1) is 23.9 Å². The van der Waals surface area contributed by atoms with Crippen LogP contribution in [-0.4, -0.2) is 25.6 Å². The minimum atomic E-state index is -0.566. The van der Waals surface area contributed by atoms with E-state index in [-0.39, 0.29) is 5.91 Å². The predicted octanol–water partition coefficient (Wildman–Crippen LogP) is 2.07. The number of ether oxygens (including phenoxy) is 1. The third-order valence-electron chi connectivity index (χ3n) is 3.90. The average molecular weight is 307 g/mol. The van der Waals surface area contributed by atoms with Crippen molar-refractivity contribution in [2.45, 2.75) is 12.6 Å². The first-order valence-electron chi connectivity index (χ1n) is 7.43. The molecular weight excluding hydrogens is 290 g/mol. The molecule has 0 radical (unpaired) electrons. The van der Waals surface area contributed by atoms with Crippen molar-refractivity contribution < 1.29 is 9.53 Å². The van der Waals surface area contributed by atoms with Crippen molar-refractivity contribution in [1.82, 2.24) is 5.32 Å². The zero-order valence-corrected chi connectivity index (χ0v) is 12.8. The van der Waals surface area contributed by atoms with Crippen molar-refractivity contribution in [3.63, 3.8) is 0 Å². The lowest BCUT2D eigenvalue weighted by molar-refractivity contribution is -0.127. The number of nitriles is 1. The molecule has 2 aromatic carbocycles. The number of carbonyl (C=O) groups is 1. The van der Waals surface area contributed by atoms with Gasteiger partial charge in [0.15, 0.2) is 6.10 Å². The van der Waals surface area contributed by atoms with Crippen LogP contribution in [-0.2, 0) is 11.3 Å². The maximum Gasteiger partial charge on any atom is 0.262 e. The number of hydrogen-bond donors (Lipinski definition) is 1. The van der Waals surface area contributed by atoms with Crippen LogP contribution < -0.4 is 15.0 Å². The molecule has 5 heteroatoms. The number of rotatable bonds is 3. The number of hydrogen-bond acceptors (Lipinski definition) is 4. The van der Waals surface area contributed by atoms with Gasteiger partial charge in [0.1, 0.15) is 5.75 Å². The summed E-state index contributed by atoms with van der Waals surface area (Å²) in [5, 5.41) is 11.9. The average Bonchev–Trinajstić information content (AvgIpc) is 2.61. The fourth-order valence-electron chi connectivity index (χ4n) is 2.73. The van der Waals surface area contributed by atoms with Crippen LogP contribution in [0.5, 0.6) is 5.75 Å². The lowest BCUT2D eigenvalue weighted by Gasteiger charge is -2.35. The summed E-state index contributed by atoms with van der Waals surface area (Å²) in [6.07, 6.45) is -0.566. The van der Waals surface area contributed by atoms with Gasteiger partial charge in [-0.2, -0.15) is 5.26 Å². The van der Waals surface area contributed by atoms with E-state index >= 15 is 0 Å². The molecule has 0 bridgehead atoms. The Morgan fingerprint density at radius 3 is 2.83 bits per heavy atom. The molecule has 116 valence electrons. The lowest BCUT2D eigenvalue weighted by Crippen LogP contribution is -2.48. The van der Waals surface area contributed by atoms with Crippen LogP contribution in [0.1, 0.15) is 11.1 Å². The Balaban J connectivity index is 1.94. The normalized spacial score (nSPS) is 16.0. The van der Waals surface area contributed by atoms with Gasteiger partial charge in [0, 0.05) is 13.6 Å². The number of nitrogens with one attached hydrogen (secondary N) is 1. The van der Waals surface area contributed by atoms with Gasteiger partial charge in [0.2, 0.25) is 0 Å². The van der Waals surface area contributed by atoms with Gasteiger partial charge in [-0.1, -0.05) is 30.3 Å². The summed E-state index contributed by atoms with van der Waals surface area (Å²) in [4.78, 5) is 14.1. The monoisotopic (exact) mass is 307 g/mol. The molecule has 0 fully saturated rings. The third kappa shape index (κ3) is 2.97. The van der Waals surface area contributed by atoms with Gasteiger partial charge in [-0.15, -0.1) is 0 Å². The van der Waals surface area contributed by atoms with E-state index in [0.717, 1.165) is 11.3 Å². The number of para-hydroxylation sites is 2. The summed E-state index contributed by atoms with van der Waals surface area (Å²) in [5.74, 6) is 0.528. The van der Waals surface area contributed by atoms with Crippen molar-refractivity contribution in [3.8, 4) is 11.8 Å². The molecule has 5 nitrogen and oxygen atoms in total. The topological polar surface area (TPSA) is 65.4 Å². The highest BCUT2D eigenvalue weighted by Crippen LogP contribution is 2.34. The molecule has 0 aromatic heterocycles. The molecule has 1 unspecified atom stereocenters. The molecular formula is C18H17N3O2. The van der Waals surface area contributed by atoms with Crippen LogP contribution >= 0.6 is 0 Å². The van der Waals surface area contributed by atoms with Crippen LogP contribution in [0.25, 0.3) is 0 Å². The van der Waals surface area contributed by atoms with Crippen molar-refractivity contribution >= 4 is 11.6 Å². The molecule has 0 saturated carbocycles. The van der Waals surface area contributed by atoms with Crippen molar-refractivity contribution in [1.29, 1.82) is 5.26 Å². The summed E-state index contributed by atoms with van der Waals surface area (Å²) >= 11 is 0. The van der Waals surface area contributed by atoms with Crippen LogP contribution in [0, 0.1) is 11.3 Å². The summed E-state index contributed by atoms with van der Waals surface area (Å²) in [6, 6.07) is 17.4. The van der Waals surface area contributed by atoms with Crippen LogP contribution in [0.15, 0.2) is 48.5 Å². The fourth-order valence-corrected chi connectivity index (χ4v) is 2.73. The largest absolute Gasteiger partial charge is 0.477 e. The van der Waals surface area contributed by atoms with Gasteiger partial charge >= 0.3 is 0 Å². The van der Waals surface area contributed by atoms with Crippen LogP contribution in [0.2, 0.25) is 0 Å². The highest BCUT2D eigenvalue weighted by Gasteiger charge is 2.30. The highest BCUT2D eigenvalue weighted by atomic mass is 16.5. The Labute approximate surface area is 135 Å². The number of fused-ring (bicyclic) bond motifs is 1. The SMILES string of the molecule is CNC(=O)C1CN(Cc2ccccc2C#N)c2ccccc2O1. The van der Waals surface area contributed by atoms with Gasteiger partial charge in [0.25, 0.3) is 5.91 Å². The minimum Gasteiger partial charge on any atom is -0.477 e. The smallest absolute Gasteiger partial charge is 0.262 e. The second-order valence-corrected chi connectivity index (χ2v) is 5.34. The van der Waals surface area contributed by atoms with Crippen LogP contribution in [0.3, 0.4) is 0 Å². The minimum absolute atomic E-state index is 0.155. The summed E-state index contributed by atoms with van der Waals surface area (Å²) in [7, 11) is 1.60.